The van der Waals surface area contributed by atoms with Crippen molar-refractivity contribution in [2.45, 2.75) is 19.4 Å². The van der Waals surface area contributed by atoms with Crippen LogP contribution in [0.25, 0.3) is 0 Å². The summed E-state index contributed by atoms with van der Waals surface area (Å²) in [5.74, 6) is 0.726. The molecule has 0 saturated carbocycles. The zero-order valence-electron chi connectivity index (χ0n) is 12.0. The molecule has 0 aromatic heterocycles. The lowest BCUT2D eigenvalue weighted by Crippen LogP contribution is -3.18. The molecular weight excluding hydrogens is 294 g/mol. The van der Waals surface area contributed by atoms with Gasteiger partial charge in [-0.15, -0.1) is 0 Å². The second-order valence-corrected chi connectivity index (χ2v) is 8.48. The van der Waals surface area contributed by atoms with Gasteiger partial charge in [0.25, 0.3) is 0 Å². The fourth-order valence-corrected chi connectivity index (χ4v) is 4.94. The highest BCUT2D eigenvalue weighted by molar-refractivity contribution is 7.91. The maximum absolute atomic E-state index is 11.5. The summed E-state index contributed by atoms with van der Waals surface area (Å²) in [6.45, 7) is 10.3. The van der Waals surface area contributed by atoms with Gasteiger partial charge in [-0.05, 0) is 19.1 Å². The van der Waals surface area contributed by atoms with Gasteiger partial charge in [-0.3, -0.25) is 0 Å². The SMILES string of the molecule is C=C(C)CNC(=S)N1CC[NH+]([C@@H]2CCS(=O)(=O)C2)CC1. The summed E-state index contributed by atoms with van der Waals surface area (Å²) >= 11 is 5.37. The Morgan fingerprint density at radius 3 is 2.60 bits per heavy atom. The molecule has 7 heteroatoms. The van der Waals surface area contributed by atoms with Crippen LogP contribution in [0.4, 0.5) is 0 Å². The number of rotatable bonds is 3. The molecule has 2 N–H and O–H groups in total. The van der Waals surface area contributed by atoms with Crippen molar-refractivity contribution in [1.82, 2.24) is 10.2 Å². The molecule has 2 fully saturated rings. The van der Waals surface area contributed by atoms with Crippen molar-refractivity contribution >= 4 is 27.2 Å². The molecule has 114 valence electrons. The topological polar surface area (TPSA) is 53.9 Å². The van der Waals surface area contributed by atoms with Crippen LogP contribution >= 0.6 is 12.2 Å². The highest BCUT2D eigenvalue weighted by atomic mass is 32.2. The van der Waals surface area contributed by atoms with Crippen LogP contribution in [0.5, 0.6) is 0 Å². The predicted octanol–water partition coefficient (Wildman–Crippen LogP) is -1.18. The Morgan fingerprint density at radius 1 is 1.45 bits per heavy atom. The normalized spacial score (nSPS) is 26.4. The molecule has 1 atom stereocenters. The molecule has 0 aromatic rings. The summed E-state index contributed by atoms with van der Waals surface area (Å²) in [6.07, 6.45) is 0.815. The van der Waals surface area contributed by atoms with Crippen molar-refractivity contribution in [3.63, 3.8) is 0 Å². The molecule has 2 aliphatic rings. The van der Waals surface area contributed by atoms with Gasteiger partial charge in [0.05, 0.1) is 31.9 Å². The van der Waals surface area contributed by atoms with Crippen LogP contribution in [0.1, 0.15) is 13.3 Å². The first kappa shape index (κ1) is 15.7. The van der Waals surface area contributed by atoms with E-state index in [1.54, 1.807) is 0 Å². The van der Waals surface area contributed by atoms with Crippen molar-refractivity contribution in [3.8, 4) is 0 Å². The van der Waals surface area contributed by atoms with Gasteiger partial charge >= 0.3 is 0 Å². The van der Waals surface area contributed by atoms with Gasteiger partial charge in [-0.25, -0.2) is 8.42 Å². The predicted molar refractivity (Wildman–Crippen MR) is 84.7 cm³/mol. The first-order valence-electron chi connectivity index (χ1n) is 7.09. The third-order valence-corrected chi connectivity index (χ3v) is 6.21. The Labute approximate surface area is 126 Å². The molecule has 2 saturated heterocycles. The number of hydrogen-bond donors (Lipinski definition) is 2. The largest absolute Gasteiger partial charge is 0.359 e. The third kappa shape index (κ3) is 4.17. The molecule has 20 heavy (non-hydrogen) atoms. The zero-order chi connectivity index (χ0) is 14.8. The van der Waals surface area contributed by atoms with Gasteiger partial charge in [0.15, 0.2) is 14.9 Å². The van der Waals surface area contributed by atoms with Crippen molar-refractivity contribution in [2.75, 3.05) is 44.2 Å². The van der Waals surface area contributed by atoms with Gasteiger partial charge in [-0.1, -0.05) is 12.2 Å². The first-order valence-corrected chi connectivity index (χ1v) is 9.32. The minimum absolute atomic E-state index is 0.291. The average Bonchev–Trinajstić information content (AvgIpc) is 2.76. The quantitative estimate of drug-likeness (QED) is 0.507. The summed E-state index contributed by atoms with van der Waals surface area (Å²) in [7, 11) is -2.78. The monoisotopic (exact) mass is 318 g/mol. The lowest BCUT2D eigenvalue weighted by Gasteiger charge is -2.36. The van der Waals surface area contributed by atoms with Crippen LogP contribution in [-0.2, 0) is 9.84 Å². The van der Waals surface area contributed by atoms with Gasteiger partial charge in [-0.2, -0.15) is 0 Å². The van der Waals surface area contributed by atoms with Crippen LogP contribution in [0.2, 0.25) is 0 Å². The lowest BCUT2D eigenvalue weighted by atomic mass is 10.2. The molecule has 2 aliphatic heterocycles. The van der Waals surface area contributed by atoms with Gasteiger partial charge in [0, 0.05) is 13.0 Å². The van der Waals surface area contributed by atoms with E-state index in [9.17, 15) is 8.42 Å². The Hall–Kier alpha value is -0.660. The molecule has 0 aromatic carbocycles. The summed E-state index contributed by atoms with van der Waals surface area (Å²) < 4.78 is 23.1. The van der Waals surface area contributed by atoms with Gasteiger partial charge < -0.3 is 15.1 Å². The van der Waals surface area contributed by atoms with E-state index in [2.05, 4.69) is 16.8 Å². The molecule has 0 bridgehead atoms. The zero-order valence-corrected chi connectivity index (χ0v) is 13.7. The highest BCUT2D eigenvalue weighted by Gasteiger charge is 2.37. The van der Waals surface area contributed by atoms with Crippen LogP contribution < -0.4 is 10.2 Å². The van der Waals surface area contributed by atoms with E-state index in [0.717, 1.165) is 43.3 Å². The number of sulfone groups is 1. The lowest BCUT2D eigenvalue weighted by molar-refractivity contribution is -0.925. The molecule has 2 rings (SSSR count). The van der Waals surface area contributed by atoms with E-state index in [4.69, 9.17) is 12.2 Å². The summed E-state index contributed by atoms with van der Waals surface area (Å²) in [6, 6.07) is 0.291. The number of thiocarbonyl (C=S) groups is 1. The standard InChI is InChI=1S/C13H23N3O2S2/c1-11(2)9-14-13(19)16-6-4-15(5-7-16)12-3-8-20(17,18)10-12/h12H,1,3-10H2,2H3,(H,14,19)/p+1/t12-/m1/s1. The van der Waals surface area contributed by atoms with Gasteiger partial charge in [0.2, 0.25) is 0 Å². The van der Waals surface area contributed by atoms with Crippen molar-refractivity contribution in [3.05, 3.63) is 12.2 Å². The molecule has 5 nitrogen and oxygen atoms in total. The molecule has 2 heterocycles. The second-order valence-electron chi connectivity index (χ2n) is 5.86. The maximum Gasteiger partial charge on any atom is 0.169 e. The van der Waals surface area contributed by atoms with Crippen LogP contribution in [0, 0.1) is 0 Å². The Kier molecular flexibility index (Phi) is 5.04. The smallest absolute Gasteiger partial charge is 0.169 e. The van der Waals surface area contributed by atoms with Crippen LogP contribution in [0.15, 0.2) is 12.2 Å². The van der Waals surface area contributed by atoms with Crippen molar-refractivity contribution in [1.29, 1.82) is 0 Å². The fraction of sp³-hybridized carbons (Fsp3) is 0.769. The van der Waals surface area contributed by atoms with E-state index in [1.165, 1.54) is 4.90 Å². The first-order chi connectivity index (χ1) is 9.37. The minimum atomic E-state index is -2.78. The van der Waals surface area contributed by atoms with Crippen LogP contribution in [0.3, 0.4) is 0 Å². The molecule has 0 unspecified atom stereocenters. The number of nitrogens with one attached hydrogen (secondary N) is 2. The van der Waals surface area contributed by atoms with Crippen molar-refractivity contribution in [2.24, 2.45) is 0 Å². The van der Waals surface area contributed by atoms with E-state index in [-0.39, 0.29) is 0 Å². The molecule has 0 radical (unpaired) electrons. The second kappa shape index (κ2) is 6.41. The average molecular weight is 318 g/mol. The number of hydrogen-bond acceptors (Lipinski definition) is 3. The van der Waals surface area contributed by atoms with E-state index in [1.807, 2.05) is 6.92 Å². The third-order valence-electron chi connectivity index (χ3n) is 4.04. The van der Waals surface area contributed by atoms with E-state index >= 15 is 0 Å². The molecule has 0 aliphatic carbocycles. The number of piperazine rings is 1. The summed E-state index contributed by atoms with van der Waals surface area (Å²) in [5.41, 5.74) is 1.06. The highest BCUT2D eigenvalue weighted by Crippen LogP contribution is 2.09. The maximum atomic E-state index is 11.5. The minimum Gasteiger partial charge on any atom is -0.359 e. The Balaban J connectivity index is 1.78. The Bertz CT molecular complexity index is 482. The van der Waals surface area contributed by atoms with E-state index in [0.29, 0.717) is 24.1 Å². The molecule has 0 amide bonds. The van der Waals surface area contributed by atoms with Crippen molar-refractivity contribution < 1.29 is 13.3 Å². The fourth-order valence-electron chi connectivity index (χ4n) is 2.86. The number of quaternary nitrogens is 1. The molecular formula is C13H24N3O2S2+. The summed E-state index contributed by atoms with van der Waals surface area (Å²) in [4.78, 5) is 3.59. The number of nitrogens with zero attached hydrogens (tertiary/aromatic N) is 1. The summed E-state index contributed by atoms with van der Waals surface area (Å²) in [5, 5.41) is 3.99. The molecule has 0 spiro atoms. The Morgan fingerprint density at radius 2 is 2.10 bits per heavy atom. The van der Waals surface area contributed by atoms with Gasteiger partial charge in [0.1, 0.15) is 11.8 Å². The van der Waals surface area contributed by atoms with E-state index < -0.39 is 9.84 Å². The van der Waals surface area contributed by atoms with Crippen LogP contribution in [-0.4, -0.2) is 68.7 Å².